The van der Waals surface area contributed by atoms with E-state index in [4.69, 9.17) is 27.9 Å². The third kappa shape index (κ3) is 6.52. The molecule has 0 aromatic heterocycles. The van der Waals surface area contributed by atoms with Gasteiger partial charge in [-0.1, -0.05) is 42.1 Å². The zero-order valence-corrected chi connectivity index (χ0v) is 15.9. The molecule has 0 saturated carbocycles. The number of cyclic esters (lactones) is 1. The summed E-state index contributed by atoms with van der Waals surface area (Å²) in [4.78, 5) is 23.0. The molecular weight excluding hydrogens is 363 g/mol. The SMILES string of the molecule is COC(=O)C[C@H]1C[C@@H](CCCCCCc2ccc(Cl)cc2Cl)OC1=O. The predicted molar refractivity (Wildman–Crippen MR) is 97.9 cm³/mol. The van der Waals surface area contributed by atoms with Crippen LogP contribution in [0.2, 0.25) is 10.0 Å². The number of ether oxygens (including phenoxy) is 2. The van der Waals surface area contributed by atoms with Gasteiger partial charge in [-0.05, 0) is 49.8 Å². The lowest BCUT2D eigenvalue weighted by atomic mass is 9.98. The third-order valence-electron chi connectivity index (χ3n) is 4.54. The number of aryl methyl sites for hydroxylation is 1. The predicted octanol–water partition coefficient (Wildman–Crippen LogP) is 4.98. The van der Waals surface area contributed by atoms with Crippen molar-refractivity contribution >= 4 is 35.1 Å². The second-order valence-corrected chi connectivity index (χ2v) is 7.30. The first-order valence-corrected chi connectivity index (χ1v) is 9.46. The Morgan fingerprint density at radius 1 is 1.24 bits per heavy atom. The molecule has 2 atom stereocenters. The van der Waals surface area contributed by atoms with Crippen LogP contribution in [0.1, 0.15) is 50.5 Å². The molecule has 0 N–H and O–H groups in total. The van der Waals surface area contributed by atoms with E-state index >= 15 is 0 Å². The molecule has 0 spiro atoms. The van der Waals surface area contributed by atoms with Gasteiger partial charge in [0.05, 0.1) is 19.4 Å². The first-order chi connectivity index (χ1) is 12.0. The highest BCUT2D eigenvalue weighted by Crippen LogP contribution is 2.28. The van der Waals surface area contributed by atoms with Gasteiger partial charge in [-0.3, -0.25) is 9.59 Å². The van der Waals surface area contributed by atoms with Gasteiger partial charge in [0.15, 0.2) is 0 Å². The van der Waals surface area contributed by atoms with Crippen molar-refractivity contribution in [3.05, 3.63) is 33.8 Å². The van der Waals surface area contributed by atoms with Crippen LogP contribution in [0.4, 0.5) is 0 Å². The van der Waals surface area contributed by atoms with Crippen LogP contribution in [-0.4, -0.2) is 25.2 Å². The average Bonchev–Trinajstić information content (AvgIpc) is 2.92. The van der Waals surface area contributed by atoms with Crippen LogP contribution < -0.4 is 0 Å². The number of carbonyl (C=O) groups is 2. The Bertz CT molecular complexity index is 603. The fourth-order valence-electron chi connectivity index (χ4n) is 3.12. The summed E-state index contributed by atoms with van der Waals surface area (Å²) in [6.07, 6.45) is 6.73. The molecule has 1 aliphatic rings. The first kappa shape index (κ1) is 20.1. The molecule has 1 aromatic carbocycles. The molecule has 0 amide bonds. The van der Waals surface area contributed by atoms with Crippen LogP contribution in [0, 0.1) is 5.92 Å². The van der Waals surface area contributed by atoms with E-state index in [2.05, 4.69) is 4.74 Å². The fraction of sp³-hybridized carbons (Fsp3) is 0.579. The molecule has 25 heavy (non-hydrogen) atoms. The lowest BCUT2D eigenvalue weighted by Crippen LogP contribution is -2.14. The van der Waals surface area contributed by atoms with Crippen molar-refractivity contribution in [2.45, 2.75) is 57.5 Å². The molecule has 4 nitrogen and oxygen atoms in total. The quantitative estimate of drug-likeness (QED) is 0.443. The number of methoxy groups -OCH3 is 1. The normalized spacial score (nSPS) is 19.7. The van der Waals surface area contributed by atoms with Gasteiger partial charge in [0, 0.05) is 10.0 Å². The fourth-order valence-corrected chi connectivity index (χ4v) is 3.62. The number of hydrogen-bond acceptors (Lipinski definition) is 4. The maximum Gasteiger partial charge on any atom is 0.309 e. The number of benzene rings is 1. The number of rotatable bonds is 9. The lowest BCUT2D eigenvalue weighted by Gasteiger charge is -2.09. The van der Waals surface area contributed by atoms with Crippen molar-refractivity contribution < 1.29 is 19.1 Å². The minimum Gasteiger partial charge on any atom is -0.469 e. The highest BCUT2D eigenvalue weighted by molar-refractivity contribution is 6.35. The topological polar surface area (TPSA) is 52.6 Å². The van der Waals surface area contributed by atoms with E-state index < -0.39 is 0 Å². The Morgan fingerprint density at radius 3 is 2.72 bits per heavy atom. The van der Waals surface area contributed by atoms with E-state index in [1.54, 1.807) is 6.07 Å². The zero-order chi connectivity index (χ0) is 18.2. The summed E-state index contributed by atoms with van der Waals surface area (Å²) in [6.45, 7) is 0. The molecule has 1 fully saturated rings. The number of halogens is 2. The van der Waals surface area contributed by atoms with E-state index in [0.717, 1.165) is 49.1 Å². The van der Waals surface area contributed by atoms with Crippen molar-refractivity contribution in [3.63, 3.8) is 0 Å². The van der Waals surface area contributed by atoms with E-state index in [1.807, 2.05) is 12.1 Å². The molecule has 0 aliphatic carbocycles. The van der Waals surface area contributed by atoms with Crippen LogP contribution >= 0.6 is 23.2 Å². The summed E-state index contributed by atoms with van der Waals surface area (Å²) in [5, 5.41) is 1.38. The average molecular weight is 387 g/mol. The second-order valence-electron chi connectivity index (χ2n) is 6.46. The number of carbonyl (C=O) groups excluding carboxylic acids is 2. The third-order valence-corrected chi connectivity index (χ3v) is 5.13. The molecule has 1 heterocycles. The van der Waals surface area contributed by atoms with E-state index in [-0.39, 0.29) is 30.4 Å². The molecule has 138 valence electrons. The van der Waals surface area contributed by atoms with E-state index in [1.165, 1.54) is 7.11 Å². The Labute approximate surface area is 158 Å². The van der Waals surface area contributed by atoms with Crippen molar-refractivity contribution in [2.24, 2.45) is 5.92 Å². The Kier molecular flexibility index (Phi) is 8.04. The summed E-state index contributed by atoms with van der Waals surface area (Å²) in [6, 6.07) is 5.61. The standard InChI is InChI=1S/C19H24Cl2O4/c1-24-18(22)11-14-10-16(25-19(14)23)7-5-3-2-4-6-13-8-9-15(20)12-17(13)21/h8-9,12,14,16H,2-7,10-11H2,1H3/t14-,16-/m1/s1. The van der Waals surface area contributed by atoms with Crippen LogP contribution in [0.15, 0.2) is 18.2 Å². The molecule has 1 aliphatic heterocycles. The maximum absolute atomic E-state index is 11.7. The minimum atomic E-state index is -0.358. The summed E-state index contributed by atoms with van der Waals surface area (Å²) in [5.74, 6) is -0.972. The molecule has 1 saturated heterocycles. The largest absolute Gasteiger partial charge is 0.469 e. The molecule has 2 rings (SSSR count). The van der Waals surface area contributed by atoms with Gasteiger partial charge in [0.2, 0.25) is 0 Å². The van der Waals surface area contributed by atoms with Gasteiger partial charge in [-0.15, -0.1) is 0 Å². The van der Waals surface area contributed by atoms with Crippen LogP contribution in [-0.2, 0) is 25.5 Å². The van der Waals surface area contributed by atoms with Crippen LogP contribution in [0.25, 0.3) is 0 Å². The number of hydrogen-bond donors (Lipinski definition) is 0. The summed E-state index contributed by atoms with van der Waals surface area (Å²) in [5.41, 5.74) is 1.13. The molecule has 0 radical (unpaired) electrons. The summed E-state index contributed by atoms with van der Waals surface area (Å²) >= 11 is 12.1. The smallest absolute Gasteiger partial charge is 0.309 e. The van der Waals surface area contributed by atoms with Crippen LogP contribution in [0.5, 0.6) is 0 Å². The Morgan fingerprint density at radius 2 is 2.00 bits per heavy atom. The highest BCUT2D eigenvalue weighted by atomic mass is 35.5. The maximum atomic E-state index is 11.7. The molecule has 0 bridgehead atoms. The summed E-state index contributed by atoms with van der Waals surface area (Å²) < 4.78 is 9.95. The molecular formula is C19H24Cl2O4. The number of unbranched alkanes of at least 4 members (excludes halogenated alkanes) is 3. The first-order valence-electron chi connectivity index (χ1n) is 8.71. The van der Waals surface area contributed by atoms with Gasteiger partial charge in [-0.25, -0.2) is 0 Å². The molecule has 0 unspecified atom stereocenters. The van der Waals surface area contributed by atoms with Gasteiger partial charge in [0.1, 0.15) is 6.10 Å². The van der Waals surface area contributed by atoms with Gasteiger partial charge in [0.25, 0.3) is 0 Å². The van der Waals surface area contributed by atoms with Crippen molar-refractivity contribution in [1.82, 2.24) is 0 Å². The number of esters is 2. The Hall–Kier alpha value is -1.26. The molecule has 6 heteroatoms. The van der Waals surface area contributed by atoms with Crippen LogP contribution in [0.3, 0.4) is 0 Å². The van der Waals surface area contributed by atoms with Gasteiger partial charge in [-0.2, -0.15) is 0 Å². The Balaban J connectivity index is 1.59. The molecule has 1 aromatic rings. The lowest BCUT2D eigenvalue weighted by molar-refractivity contribution is -0.149. The van der Waals surface area contributed by atoms with Gasteiger partial charge < -0.3 is 9.47 Å². The van der Waals surface area contributed by atoms with Crippen molar-refractivity contribution in [2.75, 3.05) is 7.11 Å². The monoisotopic (exact) mass is 386 g/mol. The summed E-state index contributed by atoms with van der Waals surface area (Å²) in [7, 11) is 1.33. The minimum absolute atomic E-state index is 0.0622. The van der Waals surface area contributed by atoms with Gasteiger partial charge >= 0.3 is 11.9 Å². The van der Waals surface area contributed by atoms with Crippen molar-refractivity contribution in [3.8, 4) is 0 Å². The zero-order valence-electron chi connectivity index (χ0n) is 14.4. The second kappa shape index (κ2) is 10.0. The van der Waals surface area contributed by atoms with E-state index in [0.29, 0.717) is 11.4 Å². The van der Waals surface area contributed by atoms with Crippen molar-refractivity contribution in [1.29, 1.82) is 0 Å². The van der Waals surface area contributed by atoms with E-state index in [9.17, 15) is 9.59 Å². The highest BCUT2D eigenvalue weighted by Gasteiger charge is 2.35.